The van der Waals surface area contributed by atoms with Gasteiger partial charge in [-0.2, -0.15) is 0 Å². The minimum Gasteiger partial charge on any atom is -0.411 e. The number of amides is 1. The molecule has 9 nitrogen and oxygen atoms in total. The lowest BCUT2D eigenvalue weighted by molar-refractivity contribution is -0.384. The van der Waals surface area contributed by atoms with E-state index in [0.717, 1.165) is 22.9 Å². The highest BCUT2D eigenvalue weighted by molar-refractivity contribution is 7.99. The summed E-state index contributed by atoms with van der Waals surface area (Å²) in [6.07, 6.45) is 0. The fraction of sp³-hybridized carbons (Fsp3) is 0.0526. The van der Waals surface area contributed by atoms with E-state index in [0.29, 0.717) is 21.7 Å². The summed E-state index contributed by atoms with van der Waals surface area (Å²) in [5.41, 5.74) is 2.07. The lowest BCUT2D eigenvalue weighted by atomic mass is 10.1. The number of anilines is 1. The van der Waals surface area contributed by atoms with E-state index in [1.54, 1.807) is 41.8 Å². The highest BCUT2D eigenvalue weighted by Gasteiger charge is 2.13. The lowest BCUT2D eigenvalue weighted by Gasteiger charge is -1.99. The molecular formula is C19H12ClN5O4S2. The van der Waals surface area contributed by atoms with Crippen molar-refractivity contribution in [2.24, 2.45) is 0 Å². The fourth-order valence-electron chi connectivity index (χ4n) is 2.48. The van der Waals surface area contributed by atoms with E-state index in [1.165, 1.54) is 23.5 Å². The molecule has 0 aliphatic carbocycles. The summed E-state index contributed by atoms with van der Waals surface area (Å²) in [6, 6.07) is 13.0. The molecule has 0 atom stereocenters. The number of aromatic nitrogens is 3. The molecule has 1 N–H and O–H groups in total. The molecule has 2 aromatic heterocycles. The van der Waals surface area contributed by atoms with Gasteiger partial charge in [-0.1, -0.05) is 23.4 Å². The van der Waals surface area contributed by atoms with Gasteiger partial charge in [0.05, 0.1) is 16.4 Å². The molecule has 0 unspecified atom stereocenters. The fourth-order valence-corrected chi connectivity index (χ4v) is 3.90. The Morgan fingerprint density at radius 1 is 1.13 bits per heavy atom. The van der Waals surface area contributed by atoms with Crippen molar-refractivity contribution >= 4 is 51.4 Å². The molecule has 0 fully saturated rings. The number of rotatable bonds is 7. The van der Waals surface area contributed by atoms with Crippen LogP contribution in [-0.4, -0.2) is 31.8 Å². The van der Waals surface area contributed by atoms with Crippen molar-refractivity contribution in [1.82, 2.24) is 15.2 Å². The van der Waals surface area contributed by atoms with E-state index in [1.807, 2.05) is 0 Å². The van der Waals surface area contributed by atoms with Crippen LogP contribution in [0.25, 0.3) is 22.7 Å². The molecule has 31 heavy (non-hydrogen) atoms. The number of nitrogens with zero attached hydrogens (tertiary/aromatic N) is 4. The second-order valence-electron chi connectivity index (χ2n) is 6.06. The normalized spacial score (nSPS) is 10.7. The van der Waals surface area contributed by atoms with Crippen molar-refractivity contribution in [2.75, 3.05) is 11.1 Å². The Labute approximate surface area is 188 Å². The zero-order valence-corrected chi connectivity index (χ0v) is 17.9. The van der Waals surface area contributed by atoms with Crippen LogP contribution in [0.3, 0.4) is 0 Å². The number of carbonyl (C=O) groups is 1. The smallest absolute Gasteiger partial charge is 0.277 e. The average Bonchev–Trinajstić information content (AvgIpc) is 3.43. The number of thioether (sulfide) groups is 1. The van der Waals surface area contributed by atoms with Crippen molar-refractivity contribution in [1.29, 1.82) is 0 Å². The van der Waals surface area contributed by atoms with E-state index in [4.69, 9.17) is 16.0 Å². The summed E-state index contributed by atoms with van der Waals surface area (Å²) in [4.78, 5) is 26.9. The highest BCUT2D eigenvalue weighted by atomic mass is 35.5. The van der Waals surface area contributed by atoms with E-state index < -0.39 is 4.92 Å². The van der Waals surface area contributed by atoms with Gasteiger partial charge in [-0.15, -0.1) is 21.5 Å². The Morgan fingerprint density at radius 2 is 1.84 bits per heavy atom. The van der Waals surface area contributed by atoms with Crippen LogP contribution in [0.15, 0.2) is 63.6 Å². The van der Waals surface area contributed by atoms with Gasteiger partial charge in [0.15, 0.2) is 5.13 Å². The molecule has 12 heteroatoms. The van der Waals surface area contributed by atoms with E-state index in [2.05, 4.69) is 20.5 Å². The van der Waals surface area contributed by atoms with Crippen molar-refractivity contribution in [3.63, 3.8) is 0 Å². The molecule has 2 aromatic carbocycles. The number of benzene rings is 2. The van der Waals surface area contributed by atoms with Crippen LogP contribution in [0, 0.1) is 10.1 Å². The average molecular weight is 474 g/mol. The first kappa shape index (κ1) is 21.0. The van der Waals surface area contributed by atoms with Crippen LogP contribution < -0.4 is 5.32 Å². The monoisotopic (exact) mass is 473 g/mol. The van der Waals surface area contributed by atoms with Crippen LogP contribution in [0.5, 0.6) is 0 Å². The quantitative estimate of drug-likeness (QED) is 0.222. The Bertz CT molecular complexity index is 1220. The molecule has 1 amide bonds. The molecule has 4 rings (SSSR count). The van der Waals surface area contributed by atoms with E-state index in [9.17, 15) is 14.9 Å². The van der Waals surface area contributed by atoms with Crippen molar-refractivity contribution < 1.29 is 14.1 Å². The van der Waals surface area contributed by atoms with Crippen LogP contribution in [0.4, 0.5) is 10.8 Å². The number of nitrogens with one attached hydrogen (secondary N) is 1. The summed E-state index contributed by atoms with van der Waals surface area (Å²) in [6.45, 7) is 0. The summed E-state index contributed by atoms with van der Waals surface area (Å²) in [5.74, 6) is 0.127. The summed E-state index contributed by atoms with van der Waals surface area (Å²) < 4.78 is 5.56. The second kappa shape index (κ2) is 9.25. The zero-order valence-electron chi connectivity index (χ0n) is 15.5. The number of non-ortho nitro benzene ring substituents is 1. The van der Waals surface area contributed by atoms with Crippen LogP contribution in [-0.2, 0) is 4.79 Å². The van der Waals surface area contributed by atoms with Gasteiger partial charge >= 0.3 is 0 Å². The van der Waals surface area contributed by atoms with Gasteiger partial charge in [0.2, 0.25) is 11.8 Å². The third-order valence-electron chi connectivity index (χ3n) is 3.95. The molecule has 4 aromatic rings. The number of nitro groups is 1. The number of hydrogen-bond acceptors (Lipinski definition) is 9. The number of halogens is 1. The molecule has 2 heterocycles. The van der Waals surface area contributed by atoms with E-state index >= 15 is 0 Å². The molecule has 0 radical (unpaired) electrons. The maximum Gasteiger partial charge on any atom is 0.277 e. The first-order valence-electron chi connectivity index (χ1n) is 8.70. The standard InChI is InChI=1S/C19H12ClN5O4S2/c20-13-5-1-12(2-6-13)17-23-24-19(29-17)31-10-16(26)22-18-21-15(9-30-18)11-3-7-14(8-4-11)25(27)28/h1-9H,10H2,(H,21,22,26). The Morgan fingerprint density at radius 3 is 2.55 bits per heavy atom. The molecule has 0 aliphatic rings. The zero-order chi connectivity index (χ0) is 21.8. The molecule has 0 saturated carbocycles. The topological polar surface area (TPSA) is 124 Å². The first-order chi connectivity index (χ1) is 15.0. The lowest BCUT2D eigenvalue weighted by Crippen LogP contribution is -2.13. The summed E-state index contributed by atoms with van der Waals surface area (Å²) in [7, 11) is 0. The number of thiazole rings is 1. The van der Waals surface area contributed by atoms with Crippen molar-refractivity contribution in [2.45, 2.75) is 5.22 Å². The first-order valence-corrected chi connectivity index (χ1v) is 10.9. The van der Waals surface area contributed by atoms with Gasteiger partial charge in [-0.25, -0.2) is 4.98 Å². The molecule has 0 saturated heterocycles. The molecule has 156 valence electrons. The molecule has 0 spiro atoms. The van der Waals surface area contributed by atoms with E-state index in [-0.39, 0.29) is 22.6 Å². The summed E-state index contributed by atoms with van der Waals surface area (Å²) in [5, 5.41) is 24.4. The minimum absolute atomic E-state index is 0.00442. The molecule has 0 aliphatic heterocycles. The minimum atomic E-state index is -0.462. The third kappa shape index (κ3) is 5.26. The predicted molar refractivity (Wildman–Crippen MR) is 118 cm³/mol. The van der Waals surface area contributed by atoms with Crippen LogP contribution >= 0.6 is 34.7 Å². The van der Waals surface area contributed by atoms with Gasteiger partial charge in [-0.05, 0) is 36.4 Å². The number of carbonyl (C=O) groups excluding carboxylic acids is 1. The van der Waals surface area contributed by atoms with Crippen molar-refractivity contribution in [3.05, 3.63) is 69.0 Å². The SMILES string of the molecule is O=C(CSc1nnc(-c2ccc(Cl)cc2)o1)Nc1nc(-c2ccc([N+](=O)[O-])cc2)cs1. The largest absolute Gasteiger partial charge is 0.411 e. The number of hydrogen-bond donors (Lipinski definition) is 1. The predicted octanol–water partition coefficient (Wildman–Crippen LogP) is 5.15. The van der Waals surface area contributed by atoms with Crippen LogP contribution in [0.2, 0.25) is 5.02 Å². The van der Waals surface area contributed by atoms with Gasteiger partial charge < -0.3 is 9.73 Å². The van der Waals surface area contributed by atoms with Crippen molar-refractivity contribution in [3.8, 4) is 22.7 Å². The maximum atomic E-state index is 12.2. The van der Waals surface area contributed by atoms with Gasteiger partial charge in [0.1, 0.15) is 0 Å². The van der Waals surface area contributed by atoms with Gasteiger partial charge in [-0.3, -0.25) is 14.9 Å². The molecule has 0 bridgehead atoms. The number of nitro benzene ring substituents is 1. The Balaban J connectivity index is 1.32. The third-order valence-corrected chi connectivity index (χ3v) is 5.78. The summed E-state index contributed by atoms with van der Waals surface area (Å²) >= 11 is 8.23. The van der Waals surface area contributed by atoms with Crippen LogP contribution in [0.1, 0.15) is 0 Å². The Kier molecular flexibility index (Phi) is 6.26. The molecular weight excluding hydrogens is 462 g/mol. The maximum absolute atomic E-state index is 12.2. The van der Waals surface area contributed by atoms with Gasteiger partial charge in [0.25, 0.3) is 10.9 Å². The van der Waals surface area contributed by atoms with Gasteiger partial charge in [0, 0.05) is 33.7 Å². The Hall–Kier alpha value is -3.28. The second-order valence-corrected chi connectivity index (χ2v) is 8.28. The highest BCUT2D eigenvalue weighted by Crippen LogP contribution is 2.27.